The van der Waals surface area contributed by atoms with E-state index in [0.717, 1.165) is 29.2 Å². The molecule has 4 heteroatoms. The minimum atomic E-state index is 0.498. The molecule has 0 radical (unpaired) electrons. The number of alkyl halides is 1. The number of aromatic nitrogens is 2. The second kappa shape index (κ2) is 6.07. The van der Waals surface area contributed by atoms with Crippen LogP contribution in [-0.4, -0.2) is 15.4 Å². The highest BCUT2D eigenvalue weighted by atomic mass is 35.5. The molecule has 1 saturated carbocycles. The molecular formula is C17H20ClN3. The first-order valence-electron chi connectivity index (χ1n) is 7.70. The molecule has 1 aromatic heterocycles. The maximum Gasteiger partial charge on any atom is 0.111 e. The molecule has 1 heterocycles. The molecule has 0 atom stereocenters. The molecule has 0 spiro atoms. The van der Waals surface area contributed by atoms with Crippen LogP contribution in [0, 0.1) is 17.2 Å². The largest absolute Gasteiger partial charge is 0.325 e. The van der Waals surface area contributed by atoms with E-state index in [1.54, 1.807) is 0 Å². The predicted octanol–water partition coefficient (Wildman–Crippen LogP) is 4.44. The molecule has 0 bridgehead atoms. The Morgan fingerprint density at radius 3 is 2.76 bits per heavy atom. The number of nitriles is 1. The fraction of sp³-hybridized carbons (Fsp3) is 0.529. The molecule has 1 aliphatic carbocycles. The standard InChI is InChI=1S/C17H20ClN3/c1-12-2-5-14(6-3-12)21-16-10-13(11-19)4-7-15(16)20-17(21)8-9-18/h4,7,10,12,14H,2-3,5-6,8-9H2,1H3. The van der Waals surface area contributed by atoms with Gasteiger partial charge >= 0.3 is 0 Å². The Bertz CT molecular complexity index is 675. The Hall–Kier alpha value is -1.53. The van der Waals surface area contributed by atoms with E-state index in [-0.39, 0.29) is 0 Å². The summed E-state index contributed by atoms with van der Waals surface area (Å²) in [5, 5.41) is 9.14. The van der Waals surface area contributed by atoms with Gasteiger partial charge in [0.2, 0.25) is 0 Å². The highest BCUT2D eigenvalue weighted by molar-refractivity contribution is 6.17. The third-order valence-corrected chi connectivity index (χ3v) is 4.75. The van der Waals surface area contributed by atoms with Crippen LogP contribution in [0.1, 0.15) is 50.0 Å². The molecule has 3 rings (SSSR count). The Morgan fingerprint density at radius 2 is 2.10 bits per heavy atom. The van der Waals surface area contributed by atoms with Crippen LogP contribution in [0.15, 0.2) is 18.2 Å². The summed E-state index contributed by atoms with van der Waals surface area (Å²) in [6.07, 6.45) is 5.70. The zero-order valence-corrected chi connectivity index (χ0v) is 13.1. The number of fused-ring (bicyclic) bond motifs is 1. The summed E-state index contributed by atoms with van der Waals surface area (Å²) in [6.45, 7) is 2.33. The fourth-order valence-corrected chi connectivity index (χ4v) is 3.55. The minimum absolute atomic E-state index is 0.498. The van der Waals surface area contributed by atoms with Gasteiger partial charge in [-0.1, -0.05) is 6.92 Å². The zero-order valence-electron chi connectivity index (χ0n) is 12.3. The summed E-state index contributed by atoms with van der Waals surface area (Å²) in [4.78, 5) is 4.74. The lowest BCUT2D eigenvalue weighted by molar-refractivity contribution is 0.290. The molecule has 0 N–H and O–H groups in total. The van der Waals surface area contributed by atoms with Crippen LogP contribution < -0.4 is 0 Å². The van der Waals surface area contributed by atoms with Gasteiger partial charge in [-0.15, -0.1) is 11.6 Å². The van der Waals surface area contributed by atoms with Crippen molar-refractivity contribution in [1.29, 1.82) is 5.26 Å². The van der Waals surface area contributed by atoms with Crippen molar-refractivity contribution in [2.75, 3.05) is 5.88 Å². The first kappa shape index (κ1) is 14.4. The quantitative estimate of drug-likeness (QED) is 0.786. The summed E-state index contributed by atoms with van der Waals surface area (Å²) in [7, 11) is 0. The molecule has 0 amide bonds. The maximum absolute atomic E-state index is 9.14. The molecule has 1 fully saturated rings. The van der Waals surface area contributed by atoms with E-state index < -0.39 is 0 Å². The van der Waals surface area contributed by atoms with Crippen molar-refractivity contribution < 1.29 is 0 Å². The van der Waals surface area contributed by atoms with Crippen molar-refractivity contribution in [3.05, 3.63) is 29.6 Å². The van der Waals surface area contributed by atoms with Gasteiger partial charge in [-0.2, -0.15) is 5.26 Å². The molecular weight excluding hydrogens is 282 g/mol. The summed E-state index contributed by atoms with van der Waals surface area (Å²) in [5.74, 6) is 2.47. The topological polar surface area (TPSA) is 41.6 Å². The Morgan fingerprint density at radius 1 is 1.33 bits per heavy atom. The third kappa shape index (κ3) is 2.78. The monoisotopic (exact) mass is 301 g/mol. The van der Waals surface area contributed by atoms with Gasteiger partial charge in [-0.25, -0.2) is 4.98 Å². The van der Waals surface area contributed by atoms with Crippen molar-refractivity contribution in [2.45, 2.75) is 45.1 Å². The number of rotatable bonds is 3. The van der Waals surface area contributed by atoms with Gasteiger partial charge in [0.1, 0.15) is 5.82 Å². The van der Waals surface area contributed by atoms with Gasteiger partial charge in [0, 0.05) is 18.3 Å². The van der Waals surface area contributed by atoms with E-state index in [1.165, 1.54) is 25.7 Å². The number of aryl methyl sites for hydroxylation is 1. The van der Waals surface area contributed by atoms with Gasteiger partial charge in [-0.3, -0.25) is 0 Å². The minimum Gasteiger partial charge on any atom is -0.325 e. The van der Waals surface area contributed by atoms with Crippen LogP contribution in [0.2, 0.25) is 0 Å². The number of hydrogen-bond donors (Lipinski definition) is 0. The van der Waals surface area contributed by atoms with Crippen molar-refractivity contribution in [3.63, 3.8) is 0 Å². The van der Waals surface area contributed by atoms with Gasteiger partial charge in [0.05, 0.1) is 22.7 Å². The van der Waals surface area contributed by atoms with E-state index >= 15 is 0 Å². The average molecular weight is 302 g/mol. The van der Waals surface area contributed by atoms with E-state index in [0.29, 0.717) is 17.5 Å². The van der Waals surface area contributed by atoms with Crippen LogP contribution in [0.4, 0.5) is 0 Å². The first-order chi connectivity index (χ1) is 10.2. The molecule has 1 aromatic carbocycles. The van der Waals surface area contributed by atoms with Gasteiger partial charge in [-0.05, 0) is 49.8 Å². The molecule has 110 valence electrons. The smallest absolute Gasteiger partial charge is 0.111 e. The van der Waals surface area contributed by atoms with Crippen LogP contribution >= 0.6 is 11.6 Å². The molecule has 3 nitrogen and oxygen atoms in total. The molecule has 0 saturated heterocycles. The van der Waals surface area contributed by atoms with E-state index in [9.17, 15) is 0 Å². The molecule has 0 aliphatic heterocycles. The zero-order chi connectivity index (χ0) is 14.8. The van der Waals surface area contributed by atoms with E-state index in [2.05, 4.69) is 17.6 Å². The highest BCUT2D eigenvalue weighted by Crippen LogP contribution is 2.35. The Labute approximate surface area is 130 Å². The fourth-order valence-electron chi connectivity index (χ4n) is 3.38. The molecule has 2 aromatic rings. The maximum atomic E-state index is 9.14. The molecule has 21 heavy (non-hydrogen) atoms. The van der Waals surface area contributed by atoms with Crippen molar-refractivity contribution in [2.24, 2.45) is 5.92 Å². The lowest BCUT2D eigenvalue weighted by atomic mass is 9.87. The number of hydrogen-bond acceptors (Lipinski definition) is 2. The van der Waals surface area contributed by atoms with Crippen molar-refractivity contribution in [1.82, 2.24) is 9.55 Å². The summed E-state index contributed by atoms with van der Waals surface area (Å²) in [6, 6.07) is 8.49. The number of benzene rings is 1. The van der Waals surface area contributed by atoms with Crippen LogP contribution in [0.3, 0.4) is 0 Å². The number of halogens is 1. The van der Waals surface area contributed by atoms with E-state index in [1.807, 2.05) is 18.2 Å². The van der Waals surface area contributed by atoms with Gasteiger partial charge < -0.3 is 4.57 Å². The highest BCUT2D eigenvalue weighted by Gasteiger charge is 2.23. The van der Waals surface area contributed by atoms with Gasteiger partial charge in [0.25, 0.3) is 0 Å². The predicted molar refractivity (Wildman–Crippen MR) is 85.5 cm³/mol. The van der Waals surface area contributed by atoms with Crippen molar-refractivity contribution >= 4 is 22.6 Å². The molecule has 1 aliphatic rings. The van der Waals surface area contributed by atoms with Crippen LogP contribution in [0.5, 0.6) is 0 Å². The summed E-state index contributed by atoms with van der Waals surface area (Å²) in [5.41, 5.74) is 2.77. The third-order valence-electron chi connectivity index (χ3n) is 4.56. The molecule has 0 unspecified atom stereocenters. The summed E-state index contributed by atoms with van der Waals surface area (Å²) < 4.78 is 2.35. The van der Waals surface area contributed by atoms with Crippen molar-refractivity contribution in [3.8, 4) is 6.07 Å². The van der Waals surface area contributed by atoms with Gasteiger partial charge in [0.15, 0.2) is 0 Å². The average Bonchev–Trinajstić information content (AvgIpc) is 2.85. The Kier molecular flexibility index (Phi) is 4.17. The van der Waals surface area contributed by atoms with Crippen LogP contribution in [0.25, 0.3) is 11.0 Å². The SMILES string of the molecule is CC1CCC(n2c(CCCl)nc3ccc(C#N)cc32)CC1. The number of imidazole rings is 1. The Balaban J connectivity index is 2.08. The second-order valence-corrected chi connectivity index (χ2v) is 6.44. The first-order valence-corrected chi connectivity index (χ1v) is 8.23. The normalized spacial score (nSPS) is 22.3. The van der Waals surface area contributed by atoms with E-state index in [4.69, 9.17) is 21.8 Å². The second-order valence-electron chi connectivity index (χ2n) is 6.07. The van der Waals surface area contributed by atoms with Crippen LogP contribution in [-0.2, 0) is 6.42 Å². The summed E-state index contributed by atoms with van der Waals surface area (Å²) >= 11 is 5.95. The lowest BCUT2D eigenvalue weighted by Gasteiger charge is -2.29. The number of nitrogens with zero attached hydrogens (tertiary/aromatic N) is 3. The lowest BCUT2D eigenvalue weighted by Crippen LogP contribution is -2.19.